The summed E-state index contributed by atoms with van der Waals surface area (Å²) in [5.41, 5.74) is 3.54. The third kappa shape index (κ3) is 3.14. The summed E-state index contributed by atoms with van der Waals surface area (Å²) >= 11 is 0. The van der Waals surface area contributed by atoms with Gasteiger partial charge in [0.15, 0.2) is 11.5 Å². The first-order valence-electron chi connectivity index (χ1n) is 10.7. The lowest BCUT2D eigenvalue weighted by molar-refractivity contribution is 0.338. The quantitative estimate of drug-likeness (QED) is 0.518. The Morgan fingerprint density at radius 2 is 2.00 bits per heavy atom. The van der Waals surface area contributed by atoms with Gasteiger partial charge in [-0.1, -0.05) is 37.5 Å². The van der Waals surface area contributed by atoms with Gasteiger partial charge in [0.05, 0.1) is 17.8 Å². The van der Waals surface area contributed by atoms with E-state index in [1.54, 1.807) is 6.33 Å². The zero-order valence-corrected chi connectivity index (χ0v) is 17.4. The summed E-state index contributed by atoms with van der Waals surface area (Å²) in [6, 6.07) is 8.37. The SMILES string of the molecule is Cc1cccc2cc(C(C)Nc3ncnc4nc[nH]c34)n(C3CCCCC3)c(=O)c12. The minimum atomic E-state index is -0.106. The molecule has 30 heavy (non-hydrogen) atoms. The molecule has 0 bridgehead atoms. The number of aromatic nitrogens is 5. The molecule has 1 unspecified atom stereocenters. The molecule has 4 aromatic rings. The summed E-state index contributed by atoms with van der Waals surface area (Å²) in [4.78, 5) is 29.6. The van der Waals surface area contributed by atoms with Gasteiger partial charge >= 0.3 is 0 Å². The standard InChI is InChI=1S/C23H26N6O/c1-14-7-6-8-16-11-18(29(23(30)19(14)16)17-9-4-3-5-10-17)15(2)28-22-20-21(25-12-24-20)26-13-27-22/h6-8,11-13,15,17H,3-5,9-10H2,1-2H3,(H2,24,25,26,27,28). The Morgan fingerprint density at radius 3 is 2.83 bits per heavy atom. The molecule has 1 aliphatic carbocycles. The topological polar surface area (TPSA) is 88.5 Å². The molecule has 3 aromatic heterocycles. The molecule has 1 atom stereocenters. The zero-order chi connectivity index (χ0) is 20.7. The van der Waals surface area contributed by atoms with E-state index in [0.29, 0.717) is 11.5 Å². The number of aryl methyl sites for hydroxylation is 1. The summed E-state index contributed by atoms with van der Waals surface area (Å²) in [6.45, 7) is 4.10. The van der Waals surface area contributed by atoms with Crippen LogP contribution in [-0.4, -0.2) is 24.5 Å². The highest BCUT2D eigenvalue weighted by molar-refractivity contribution is 5.85. The number of fused-ring (bicyclic) bond motifs is 2. The van der Waals surface area contributed by atoms with Crippen molar-refractivity contribution in [1.29, 1.82) is 0 Å². The second kappa shape index (κ2) is 7.55. The Morgan fingerprint density at radius 1 is 1.17 bits per heavy atom. The first-order chi connectivity index (χ1) is 14.6. The minimum Gasteiger partial charge on any atom is -0.360 e. The van der Waals surface area contributed by atoms with E-state index in [2.05, 4.69) is 42.8 Å². The van der Waals surface area contributed by atoms with Gasteiger partial charge in [-0.15, -0.1) is 0 Å². The fraction of sp³-hybridized carbons (Fsp3) is 0.391. The maximum absolute atomic E-state index is 13.7. The van der Waals surface area contributed by atoms with E-state index in [9.17, 15) is 4.79 Å². The first-order valence-corrected chi connectivity index (χ1v) is 10.7. The predicted octanol–water partition coefficient (Wildman–Crippen LogP) is 4.65. The molecule has 1 saturated carbocycles. The van der Waals surface area contributed by atoms with E-state index in [-0.39, 0.29) is 17.6 Å². The lowest BCUT2D eigenvalue weighted by Gasteiger charge is -2.30. The molecule has 1 aromatic carbocycles. The zero-order valence-electron chi connectivity index (χ0n) is 17.4. The van der Waals surface area contributed by atoms with E-state index >= 15 is 0 Å². The van der Waals surface area contributed by atoms with Gasteiger partial charge in [-0.2, -0.15) is 0 Å². The van der Waals surface area contributed by atoms with Crippen LogP contribution in [-0.2, 0) is 0 Å². The van der Waals surface area contributed by atoms with Crippen molar-refractivity contribution in [2.24, 2.45) is 0 Å². The second-order valence-electron chi connectivity index (χ2n) is 8.26. The van der Waals surface area contributed by atoms with Gasteiger partial charge in [0, 0.05) is 11.7 Å². The fourth-order valence-electron chi connectivity index (χ4n) is 4.77. The molecule has 5 rings (SSSR count). The van der Waals surface area contributed by atoms with Gasteiger partial charge in [-0.3, -0.25) is 4.79 Å². The summed E-state index contributed by atoms with van der Waals surface area (Å²) in [5, 5.41) is 5.31. The molecule has 0 saturated heterocycles. The van der Waals surface area contributed by atoms with Crippen LogP contribution in [0.3, 0.4) is 0 Å². The molecule has 0 aliphatic heterocycles. The number of hydrogen-bond donors (Lipinski definition) is 2. The molecule has 1 aliphatic rings. The van der Waals surface area contributed by atoms with Gasteiger partial charge < -0.3 is 14.9 Å². The van der Waals surface area contributed by atoms with E-state index in [0.717, 1.165) is 40.4 Å². The van der Waals surface area contributed by atoms with Crippen LogP contribution in [0.25, 0.3) is 21.9 Å². The summed E-state index contributed by atoms with van der Waals surface area (Å²) < 4.78 is 2.05. The average Bonchev–Trinajstić information content (AvgIpc) is 3.24. The predicted molar refractivity (Wildman–Crippen MR) is 119 cm³/mol. The highest BCUT2D eigenvalue weighted by atomic mass is 16.1. The van der Waals surface area contributed by atoms with Crippen LogP contribution in [0.1, 0.15) is 62.4 Å². The normalized spacial score (nSPS) is 16.2. The fourth-order valence-corrected chi connectivity index (χ4v) is 4.77. The highest BCUT2D eigenvalue weighted by Crippen LogP contribution is 2.32. The number of aromatic amines is 1. The van der Waals surface area contributed by atoms with E-state index in [1.165, 1.54) is 25.6 Å². The van der Waals surface area contributed by atoms with Gasteiger partial charge in [-0.05, 0) is 43.7 Å². The van der Waals surface area contributed by atoms with E-state index in [4.69, 9.17) is 0 Å². The van der Waals surface area contributed by atoms with Crippen molar-refractivity contribution in [3.8, 4) is 0 Å². The molecule has 154 valence electrons. The highest BCUT2D eigenvalue weighted by Gasteiger charge is 2.24. The number of benzene rings is 1. The van der Waals surface area contributed by atoms with Crippen molar-refractivity contribution in [2.75, 3.05) is 5.32 Å². The average molecular weight is 403 g/mol. The first kappa shape index (κ1) is 18.8. The number of rotatable bonds is 4. The van der Waals surface area contributed by atoms with Gasteiger partial charge in [0.25, 0.3) is 5.56 Å². The van der Waals surface area contributed by atoms with Crippen molar-refractivity contribution < 1.29 is 0 Å². The number of H-pyrrole nitrogens is 1. The summed E-state index contributed by atoms with van der Waals surface area (Å²) in [6.07, 6.45) is 8.82. The van der Waals surface area contributed by atoms with Crippen molar-refractivity contribution in [3.63, 3.8) is 0 Å². The minimum absolute atomic E-state index is 0.106. The van der Waals surface area contributed by atoms with Crippen LogP contribution < -0.4 is 10.9 Å². The van der Waals surface area contributed by atoms with E-state index < -0.39 is 0 Å². The van der Waals surface area contributed by atoms with Crippen LogP contribution in [0.2, 0.25) is 0 Å². The number of pyridine rings is 1. The molecule has 2 N–H and O–H groups in total. The number of nitrogens with one attached hydrogen (secondary N) is 2. The smallest absolute Gasteiger partial charge is 0.259 e. The summed E-state index contributed by atoms with van der Waals surface area (Å²) in [7, 11) is 0. The maximum Gasteiger partial charge on any atom is 0.259 e. The van der Waals surface area contributed by atoms with Gasteiger partial charge in [0.2, 0.25) is 0 Å². The van der Waals surface area contributed by atoms with Crippen molar-refractivity contribution >= 4 is 27.8 Å². The molecular formula is C23H26N6O. The molecule has 3 heterocycles. The number of anilines is 1. The van der Waals surface area contributed by atoms with Crippen LogP contribution in [0, 0.1) is 6.92 Å². The summed E-state index contributed by atoms with van der Waals surface area (Å²) in [5.74, 6) is 0.692. The van der Waals surface area contributed by atoms with Crippen molar-refractivity contribution in [2.45, 2.75) is 58.0 Å². The molecule has 7 heteroatoms. The number of hydrogen-bond acceptors (Lipinski definition) is 5. The van der Waals surface area contributed by atoms with Gasteiger partial charge in [-0.25, -0.2) is 15.0 Å². The Hall–Kier alpha value is -3.22. The lowest BCUT2D eigenvalue weighted by Crippen LogP contribution is -2.31. The van der Waals surface area contributed by atoms with E-state index in [1.807, 2.05) is 25.1 Å². The molecule has 7 nitrogen and oxygen atoms in total. The van der Waals surface area contributed by atoms with Crippen LogP contribution in [0.15, 0.2) is 41.7 Å². The molecule has 0 amide bonds. The number of imidazole rings is 1. The Kier molecular flexibility index (Phi) is 4.73. The second-order valence-corrected chi connectivity index (χ2v) is 8.26. The Bertz CT molecular complexity index is 1270. The Balaban J connectivity index is 1.65. The van der Waals surface area contributed by atoms with Crippen molar-refractivity contribution in [3.05, 3.63) is 58.5 Å². The largest absolute Gasteiger partial charge is 0.360 e. The number of nitrogens with zero attached hydrogens (tertiary/aromatic N) is 4. The van der Waals surface area contributed by atoms with Gasteiger partial charge in [0.1, 0.15) is 11.8 Å². The Labute approximate surface area is 174 Å². The van der Waals surface area contributed by atoms with Crippen LogP contribution in [0.5, 0.6) is 0 Å². The van der Waals surface area contributed by atoms with Crippen LogP contribution >= 0.6 is 0 Å². The third-order valence-electron chi connectivity index (χ3n) is 6.28. The maximum atomic E-state index is 13.7. The van der Waals surface area contributed by atoms with Crippen LogP contribution in [0.4, 0.5) is 5.82 Å². The van der Waals surface area contributed by atoms with Crippen molar-refractivity contribution in [1.82, 2.24) is 24.5 Å². The molecular weight excluding hydrogens is 376 g/mol. The lowest BCUT2D eigenvalue weighted by atomic mass is 9.93. The molecule has 0 radical (unpaired) electrons. The monoisotopic (exact) mass is 402 g/mol. The molecule has 1 fully saturated rings. The third-order valence-corrected chi connectivity index (χ3v) is 6.28. The molecule has 0 spiro atoms.